The van der Waals surface area contributed by atoms with Gasteiger partial charge in [0.15, 0.2) is 0 Å². The van der Waals surface area contributed by atoms with E-state index in [-0.39, 0.29) is 5.97 Å². The predicted molar refractivity (Wildman–Crippen MR) is 83.6 cm³/mol. The van der Waals surface area contributed by atoms with E-state index < -0.39 is 0 Å². The number of rotatable bonds is 7. The largest absolute Gasteiger partial charge is 0.465 e. The standard InChI is InChI=1S/C16H24N2O3/c1-11(12-4-5-12)18(8-9-20-2)15-7-6-13(10-14(15)17)16(19)21-3/h6-7,10-12H,4-5,8-9,17H2,1-3H3. The van der Waals surface area contributed by atoms with E-state index in [1.165, 1.54) is 20.0 Å². The molecule has 0 amide bonds. The smallest absolute Gasteiger partial charge is 0.337 e. The lowest BCUT2D eigenvalue weighted by molar-refractivity contribution is 0.0601. The third-order valence-electron chi connectivity index (χ3n) is 4.09. The van der Waals surface area contributed by atoms with Crippen LogP contribution in [0.2, 0.25) is 0 Å². The molecule has 1 saturated carbocycles. The number of esters is 1. The first kappa shape index (κ1) is 15.6. The molecule has 1 atom stereocenters. The average Bonchev–Trinajstić information content (AvgIpc) is 3.32. The van der Waals surface area contributed by atoms with Gasteiger partial charge in [0.1, 0.15) is 0 Å². The molecule has 1 aromatic rings. The molecule has 1 aromatic carbocycles. The second kappa shape index (κ2) is 6.80. The van der Waals surface area contributed by atoms with E-state index in [0.29, 0.717) is 23.9 Å². The van der Waals surface area contributed by atoms with Gasteiger partial charge < -0.3 is 20.1 Å². The van der Waals surface area contributed by atoms with Crippen molar-refractivity contribution in [3.63, 3.8) is 0 Å². The first-order valence-corrected chi connectivity index (χ1v) is 7.32. The number of hydrogen-bond donors (Lipinski definition) is 1. The van der Waals surface area contributed by atoms with E-state index >= 15 is 0 Å². The summed E-state index contributed by atoms with van der Waals surface area (Å²) >= 11 is 0. The zero-order valence-electron chi connectivity index (χ0n) is 13.0. The molecule has 0 saturated heterocycles. The van der Waals surface area contributed by atoms with Crippen LogP contribution in [0.15, 0.2) is 18.2 Å². The van der Waals surface area contributed by atoms with E-state index in [9.17, 15) is 4.79 Å². The number of methoxy groups -OCH3 is 2. The predicted octanol–water partition coefficient (Wildman–Crippen LogP) is 2.31. The van der Waals surface area contributed by atoms with Crippen molar-refractivity contribution in [2.24, 2.45) is 5.92 Å². The van der Waals surface area contributed by atoms with E-state index in [2.05, 4.69) is 11.8 Å². The van der Waals surface area contributed by atoms with Crippen LogP contribution in [0.3, 0.4) is 0 Å². The Morgan fingerprint density at radius 2 is 2.14 bits per heavy atom. The van der Waals surface area contributed by atoms with Gasteiger partial charge in [-0.2, -0.15) is 0 Å². The molecular weight excluding hydrogens is 268 g/mol. The van der Waals surface area contributed by atoms with Crippen LogP contribution in [0.5, 0.6) is 0 Å². The minimum absolute atomic E-state index is 0.369. The van der Waals surface area contributed by atoms with Crippen molar-refractivity contribution in [3.05, 3.63) is 23.8 Å². The molecule has 1 fully saturated rings. The highest BCUT2D eigenvalue weighted by molar-refractivity contribution is 5.92. The summed E-state index contributed by atoms with van der Waals surface area (Å²) in [5, 5.41) is 0. The number of carbonyl (C=O) groups excluding carboxylic acids is 1. The van der Waals surface area contributed by atoms with Crippen molar-refractivity contribution in [1.29, 1.82) is 0 Å². The lowest BCUT2D eigenvalue weighted by Crippen LogP contribution is -2.37. The summed E-state index contributed by atoms with van der Waals surface area (Å²) in [5.74, 6) is 0.355. The van der Waals surface area contributed by atoms with Gasteiger partial charge in [0, 0.05) is 19.7 Å². The number of carbonyl (C=O) groups is 1. The minimum atomic E-state index is -0.369. The number of nitrogens with zero attached hydrogens (tertiary/aromatic N) is 1. The summed E-state index contributed by atoms with van der Waals surface area (Å²) in [7, 11) is 3.07. The van der Waals surface area contributed by atoms with Crippen molar-refractivity contribution in [3.8, 4) is 0 Å². The Labute approximate surface area is 126 Å². The number of benzene rings is 1. The van der Waals surface area contributed by atoms with E-state index in [1.54, 1.807) is 19.2 Å². The molecule has 116 valence electrons. The van der Waals surface area contributed by atoms with Crippen molar-refractivity contribution in [2.45, 2.75) is 25.8 Å². The zero-order valence-corrected chi connectivity index (χ0v) is 13.0. The fraction of sp³-hybridized carbons (Fsp3) is 0.562. The molecule has 0 spiro atoms. The van der Waals surface area contributed by atoms with Crippen LogP contribution in [0.1, 0.15) is 30.1 Å². The second-order valence-electron chi connectivity index (χ2n) is 5.53. The Kier molecular flexibility index (Phi) is 5.07. The van der Waals surface area contributed by atoms with Crippen LogP contribution < -0.4 is 10.6 Å². The van der Waals surface area contributed by atoms with Crippen LogP contribution in [-0.4, -0.2) is 39.4 Å². The molecule has 1 unspecified atom stereocenters. The highest BCUT2D eigenvalue weighted by atomic mass is 16.5. The fourth-order valence-corrected chi connectivity index (χ4v) is 2.63. The third kappa shape index (κ3) is 3.67. The molecule has 1 aliphatic carbocycles. The van der Waals surface area contributed by atoms with Crippen LogP contribution in [0.25, 0.3) is 0 Å². The summed E-state index contributed by atoms with van der Waals surface area (Å²) in [6, 6.07) is 5.76. The number of nitrogens with two attached hydrogens (primary N) is 1. The maximum absolute atomic E-state index is 11.6. The third-order valence-corrected chi connectivity index (χ3v) is 4.09. The summed E-state index contributed by atoms with van der Waals surface area (Å²) < 4.78 is 9.93. The average molecular weight is 292 g/mol. The van der Waals surface area contributed by atoms with Gasteiger partial charge >= 0.3 is 5.97 Å². The topological polar surface area (TPSA) is 64.8 Å². The number of hydrogen-bond acceptors (Lipinski definition) is 5. The maximum atomic E-state index is 11.6. The summed E-state index contributed by atoms with van der Waals surface area (Å²) in [6.45, 7) is 3.66. The lowest BCUT2D eigenvalue weighted by atomic mass is 10.1. The van der Waals surface area contributed by atoms with Crippen LogP contribution in [-0.2, 0) is 9.47 Å². The van der Waals surface area contributed by atoms with Crippen molar-refractivity contribution in [1.82, 2.24) is 0 Å². The van der Waals surface area contributed by atoms with Crippen molar-refractivity contribution >= 4 is 17.3 Å². The highest BCUT2D eigenvalue weighted by Gasteiger charge is 2.32. The second-order valence-corrected chi connectivity index (χ2v) is 5.53. The first-order valence-electron chi connectivity index (χ1n) is 7.32. The first-order chi connectivity index (χ1) is 10.1. The molecule has 0 bridgehead atoms. The van der Waals surface area contributed by atoms with Gasteiger partial charge in [-0.3, -0.25) is 0 Å². The molecule has 2 rings (SSSR count). The van der Waals surface area contributed by atoms with E-state index in [4.69, 9.17) is 15.2 Å². The molecule has 2 N–H and O–H groups in total. The van der Waals surface area contributed by atoms with Gasteiger partial charge in [-0.25, -0.2) is 4.79 Å². The Morgan fingerprint density at radius 1 is 1.43 bits per heavy atom. The Hall–Kier alpha value is -1.75. The van der Waals surface area contributed by atoms with Crippen LogP contribution >= 0.6 is 0 Å². The molecule has 0 aromatic heterocycles. The molecule has 21 heavy (non-hydrogen) atoms. The number of nitrogen functional groups attached to an aromatic ring is 1. The van der Waals surface area contributed by atoms with E-state index in [1.807, 2.05) is 6.07 Å². The summed E-state index contributed by atoms with van der Waals surface area (Å²) in [6.07, 6.45) is 2.54. The Bertz CT molecular complexity index is 500. The molecule has 0 aliphatic heterocycles. The van der Waals surface area contributed by atoms with Crippen LogP contribution in [0.4, 0.5) is 11.4 Å². The molecule has 5 nitrogen and oxygen atoms in total. The Morgan fingerprint density at radius 3 is 2.67 bits per heavy atom. The normalized spacial score (nSPS) is 15.6. The van der Waals surface area contributed by atoms with Gasteiger partial charge in [0.25, 0.3) is 0 Å². The van der Waals surface area contributed by atoms with Crippen molar-refractivity contribution < 1.29 is 14.3 Å². The molecule has 0 heterocycles. The van der Waals surface area contributed by atoms with Gasteiger partial charge in [-0.05, 0) is 43.9 Å². The fourth-order valence-electron chi connectivity index (χ4n) is 2.63. The molecule has 5 heteroatoms. The number of ether oxygens (including phenoxy) is 2. The monoisotopic (exact) mass is 292 g/mol. The van der Waals surface area contributed by atoms with E-state index in [0.717, 1.165) is 18.2 Å². The minimum Gasteiger partial charge on any atom is -0.465 e. The molecule has 1 aliphatic rings. The SMILES string of the molecule is COCCN(c1ccc(C(=O)OC)cc1N)C(C)C1CC1. The number of anilines is 2. The maximum Gasteiger partial charge on any atom is 0.337 e. The van der Waals surface area contributed by atoms with Gasteiger partial charge in [-0.1, -0.05) is 0 Å². The van der Waals surface area contributed by atoms with Crippen molar-refractivity contribution in [2.75, 3.05) is 38.0 Å². The van der Waals surface area contributed by atoms with Gasteiger partial charge in [0.2, 0.25) is 0 Å². The molecular formula is C16H24N2O3. The zero-order chi connectivity index (χ0) is 15.4. The lowest BCUT2D eigenvalue weighted by Gasteiger charge is -2.32. The summed E-state index contributed by atoms with van der Waals surface area (Å²) in [5.41, 5.74) is 8.19. The summed E-state index contributed by atoms with van der Waals surface area (Å²) in [4.78, 5) is 13.8. The quantitative estimate of drug-likeness (QED) is 0.617. The van der Waals surface area contributed by atoms with Gasteiger partial charge in [0.05, 0.1) is 30.7 Å². The highest BCUT2D eigenvalue weighted by Crippen LogP contribution is 2.38. The van der Waals surface area contributed by atoms with Gasteiger partial charge in [-0.15, -0.1) is 0 Å². The Balaban J connectivity index is 2.24. The molecule has 0 radical (unpaired) electrons. The van der Waals surface area contributed by atoms with Crippen LogP contribution in [0, 0.1) is 5.92 Å².